The molecule has 0 radical (unpaired) electrons. The zero-order chi connectivity index (χ0) is 16.9. The third-order valence-electron chi connectivity index (χ3n) is 4.54. The number of piperidine rings is 1. The van der Waals surface area contributed by atoms with Crippen molar-refractivity contribution in [1.29, 1.82) is 0 Å². The van der Waals surface area contributed by atoms with E-state index in [0.717, 1.165) is 45.5 Å². The van der Waals surface area contributed by atoms with E-state index in [2.05, 4.69) is 4.90 Å². The van der Waals surface area contributed by atoms with Crippen LogP contribution in [0.2, 0.25) is 0 Å². The molecule has 134 valence electrons. The third-order valence-corrected chi connectivity index (χ3v) is 5.49. The number of aliphatic hydroxyl groups excluding tert-OH is 1. The summed E-state index contributed by atoms with van der Waals surface area (Å²) in [6.45, 7) is 5.44. The van der Waals surface area contributed by atoms with Crippen molar-refractivity contribution < 1.29 is 23.1 Å². The first kappa shape index (κ1) is 18.6. The lowest BCUT2D eigenvalue weighted by Gasteiger charge is -2.40. The first-order chi connectivity index (χ1) is 10.9. The molecule has 0 bridgehead atoms. The maximum atomic E-state index is 12.3. The van der Waals surface area contributed by atoms with Gasteiger partial charge in [-0.3, -0.25) is 9.69 Å². The normalized spacial score (nSPS) is 27.1. The first-order valence-electron chi connectivity index (χ1n) is 8.24. The Balaban J connectivity index is 1.90. The average Bonchev–Trinajstić information content (AvgIpc) is 2.52. The van der Waals surface area contributed by atoms with Gasteiger partial charge in [0, 0.05) is 52.0 Å². The molecule has 2 aliphatic rings. The molecule has 0 spiro atoms. The number of carbonyl (C=O) groups is 1. The molecule has 2 rings (SSSR count). The van der Waals surface area contributed by atoms with E-state index in [-0.39, 0.29) is 30.6 Å². The van der Waals surface area contributed by atoms with Crippen LogP contribution in [0, 0.1) is 11.8 Å². The Hall–Kier alpha value is -0.700. The van der Waals surface area contributed by atoms with E-state index in [1.54, 1.807) is 4.90 Å². The SMILES string of the molecule is CS(=O)(=O)CCC(=O)N1C[C@@H](CN2CCOCC2)C[C@H](CO)C1. The van der Waals surface area contributed by atoms with Crippen molar-refractivity contribution in [1.82, 2.24) is 9.80 Å². The molecule has 2 fully saturated rings. The molecule has 0 unspecified atom stereocenters. The van der Waals surface area contributed by atoms with Gasteiger partial charge in [-0.2, -0.15) is 0 Å². The van der Waals surface area contributed by atoms with Gasteiger partial charge in [-0.15, -0.1) is 0 Å². The zero-order valence-electron chi connectivity index (χ0n) is 13.8. The van der Waals surface area contributed by atoms with Crippen LogP contribution in [0.25, 0.3) is 0 Å². The van der Waals surface area contributed by atoms with E-state index in [9.17, 15) is 18.3 Å². The molecule has 23 heavy (non-hydrogen) atoms. The second-order valence-electron chi connectivity index (χ2n) is 6.74. The highest BCUT2D eigenvalue weighted by molar-refractivity contribution is 7.90. The van der Waals surface area contributed by atoms with Crippen LogP contribution in [0.4, 0.5) is 0 Å². The maximum Gasteiger partial charge on any atom is 0.223 e. The summed E-state index contributed by atoms with van der Waals surface area (Å²) in [6, 6.07) is 0. The van der Waals surface area contributed by atoms with Crippen molar-refractivity contribution in [3.05, 3.63) is 0 Å². The van der Waals surface area contributed by atoms with Crippen molar-refractivity contribution in [2.75, 3.05) is 64.6 Å². The molecule has 1 amide bonds. The molecule has 0 aromatic heterocycles. The Morgan fingerprint density at radius 3 is 2.48 bits per heavy atom. The molecule has 1 N–H and O–H groups in total. The summed E-state index contributed by atoms with van der Waals surface area (Å²) in [5, 5.41) is 9.51. The standard InChI is InChI=1S/C15H28N2O5S/c1-23(20,21)7-2-15(19)17-10-13(8-14(11-17)12-18)9-16-3-5-22-6-4-16/h13-14,18H,2-12H2,1H3/t13-,14+/m1/s1. The number of sulfone groups is 1. The summed E-state index contributed by atoms with van der Waals surface area (Å²) in [4.78, 5) is 16.4. The van der Waals surface area contributed by atoms with Crippen LogP contribution in [0.5, 0.6) is 0 Å². The van der Waals surface area contributed by atoms with E-state index < -0.39 is 9.84 Å². The fourth-order valence-corrected chi connectivity index (χ4v) is 3.91. The van der Waals surface area contributed by atoms with Crippen molar-refractivity contribution in [3.63, 3.8) is 0 Å². The number of nitrogens with zero attached hydrogens (tertiary/aromatic N) is 2. The van der Waals surface area contributed by atoms with Gasteiger partial charge in [-0.25, -0.2) is 8.42 Å². The molecule has 0 aliphatic carbocycles. The molecule has 0 aromatic carbocycles. The Morgan fingerprint density at radius 1 is 1.22 bits per heavy atom. The summed E-state index contributed by atoms with van der Waals surface area (Å²) >= 11 is 0. The highest BCUT2D eigenvalue weighted by Crippen LogP contribution is 2.23. The van der Waals surface area contributed by atoms with Gasteiger partial charge in [0.05, 0.1) is 19.0 Å². The minimum Gasteiger partial charge on any atom is -0.396 e. The number of hydrogen-bond donors (Lipinski definition) is 1. The molecule has 0 saturated carbocycles. The zero-order valence-corrected chi connectivity index (χ0v) is 14.6. The van der Waals surface area contributed by atoms with Gasteiger partial charge in [-0.1, -0.05) is 0 Å². The van der Waals surface area contributed by atoms with Crippen molar-refractivity contribution in [2.24, 2.45) is 11.8 Å². The highest BCUT2D eigenvalue weighted by atomic mass is 32.2. The number of rotatable bonds is 6. The number of amides is 1. The molecule has 2 saturated heterocycles. The number of hydrogen-bond acceptors (Lipinski definition) is 6. The van der Waals surface area contributed by atoms with Gasteiger partial charge in [0.25, 0.3) is 0 Å². The van der Waals surface area contributed by atoms with Gasteiger partial charge >= 0.3 is 0 Å². The second-order valence-corrected chi connectivity index (χ2v) is 9.00. The van der Waals surface area contributed by atoms with Crippen LogP contribution in [-0.2, 0) is 19.4 Å². The van der Waals surface area contributed by atoms with Crippen LogP contribution >= 0.6 is 0 Å². The molecule has 2 aliphatic heterocycles. The number of aliphatic hydroxyl groups is 1. The summed E-state index contributed by atoms with van der Waals surface area (Å²) in [5.74, 6) is 0.166. The minimum absolute atomic E-state index is 0.0290. The minimum atomic E-state index is -3.13. The van der Waals surface area contributed by atoms with Crippen molar-refractivity contribution in [3.8, 4) is 0 Å². The van der Waals surface area contributed by atoms with Crippen LogP contribution < -0.4 is 0 Å². The summed E-state index contributed by atoms with van der Waals surface area (Å²) < 4.78 is 27.8. The topological polar surface area (TPSA) is 87.2 Å². The Labute approximate surface area is 138 Å². The van der Waals surface area contributed by atoms with Gasteiger partial charge in [0.1, 0.15) is 9.84 Å². The average molecular weight is 348 g/mol. The smallest absolute Gasteiger partial charge is 0.223 e. The summed E-state index contributed by atoms with van der Waals surface area (Å²) in [7, 11) is -3.13. The molecule has 7 nitrogen and oxygen atoms in total. The van der Waals surface area contributed by atoms with Gasteiger partial charge < -0.3 is 14.7 Å². The van der Waals surface area contributed by atoms with E-state index in [4.69, 9.17) is 4.74 Å². The van der Waals surface area contributed by atoms with Crippen LogP contribution in [-0.4, -0.2) is 93.8 Å². The van der Waals surface area contributed by atoms with Crippen molar-refractivity contribution in [2.45, 2.75) is 12.8 Å². The third kappa shape index (κ3) is 6.37. The van der Waals surface area contributed by atoms with Crippen LogP contribution in [0.15, 0.2) is 0 Å². The summed E-state index contributed by atoms with van der Waals surface area (Å²) in [5.41, 5.74) is 0. The lowest BCUT2D eigenvalue weighted by Crippen LogP contribution is -2.49. The second kappa shape index (κ2) is 8.41. The highest BCUT2D eigenvalue weighted by Gasteiger charge is 2.31. The van der Waals surface area contributed by atoms with E-state index in [0.29, 0.717) is 19.0 Å². The number of morpholine rings is 1. The summed E-state index contributed by atoms with van der Waals surface area (Å²) in [6.07, 6.45) is 2.08. The largest absolute Gasteiger partial charge is 0.396 e. The van der Waals surface area contributed by atoms with Crippen molar-refractivity contribution >= 4 is 15.7 Å². The quantitative estimate of drug-likeness (QED) is 0.677. The van der Waals surface area contributed by atoms with E-state index in [1.807, 2.05) is 0 Å². The van der Waals surface area contributed by atoms with Crippen LogP contribution in [0.3, 0.4) is 0 Å². The van der Waals surface area contributed by atoms with Gasteiger partial charge in [0.2, 0.25) is 5.91 Å². The lowest BCUT2D eigenvalue weighted by molar-refractivity contribution is -0.134. The monoisotopic (exact) mass is 348 g/mol. The Kier molecular flexibility index (Phi) is 6.82. The van der Waals surface area contributed by atoms with Gasteiger partial charge in [-0.05, 0) is 18.3 Å². The molecular formula is C15H28N2O5S. The van der Waals surface area contributed by atoms with Crippen LogP contribution in [0.1, 0.15) is 12.8 Å². The van der Waals surface area contributed by atoms with E-state index in [1.165, 1.54) is 0 Å². The maximum absolute atomic E-state index is 12.3. The number of ether oxygens (including phenoxy) is 1. The fourth-order valence-electron chi connectivity index (χ4n) is 3.37. The number of carbonyl (C=O) groups excluding carboxylic acids is 1. The lowest BCUT2D eigenvalue weighted by atomic mass is 9.89. The molecule has 8 heteroatoms. The number of likely N-dealkylation sites (tertiary alicyclic amines) is 1. The fraction of sp³-hybridized carbons (Fsp3) is 0.933. The molecule has 2 heterocycles. The molecular weight excluding hydrogens is 320 g/mol. The predicted molar refractivity (Wildman–Crippen MR) is 86.8 cm³/mol. The van der Waals surface area contributed by atoms with Gasteiger partial charge in [0.15, 0.2) is 0 Å². The Bertz CT molecular complexity index is 490. The first-order valence-corrected chi connectivity index (χ1v) is 10.3. The Morgan fingerprint density at radius 2 is 1.87 bits per heavy atom. The van der Waals surface area contributed by atoms with E-state index >= 15 is 0 Å². The molecule has 0 aromatic rings. The molecule has 2 atom stereocenters. The predicted octanol–water partition coefficient (Wildman–Crippen LogP) is -0.790.